The van der Waals surface area contributed by atoms with Crippen molar-refractivity contribution in [2.45, 2.75) is 57.8 Å². The summed E-state index contributed by atoms with van der Waals surface area (Å²) in [5, 5.41) is 6.26. The van der Waals surface area contributed by atoms with Gasteiger partial charge < -0.3 is 20.1 Å². The highest BCUT2D eigenvalue weighted by Crippen LogP contribution is 2.39. The van der Waals surface area contributed by atoms with E-state index in [-0.39, 0.29) is 29.8 Å². The number of ether oxygens (including phenoxy) is 2. The van der Waals surface area contributed by atoms with Crippen LogP contribution in [0.2, 0.25) is 0 Å². The van der Waals surface area contributed by atoms with E-state index in [0.29, 0.717) is 11.1 Å². The summed E-state index contributed by atoms with van der Waals surface area (Å²) in [6.07, 6.45) is 1.16. The van der Waals surface area contributed by atoms with Crippen LogP contribution in [0.25, 0.3) is 0 Å². The Morgan fingerprint density at radius 2 is 1.31 bits per heavy atom. The number of carbonyl (C=O) groups is 2. The molecule has 0 radical (unpaired) electrons. The van der Waals surface area contributed by atoms with E-state index in [1.807, 2.05) is 56.3 Å². The third-order valence-corrected chi connectivity index (χ3v) is 5.90. The third-order valence-electron chi connectivity index (χ3n) is 5.90. The predicted octanol–water partition coefficient (Wildman–Crippen LogP) is 3.70. The van der Waals surface area contributed by atoms with Crippen molar-refractivity contribution in [1.82, 2.24) is 10.6 Å². The van der Waals surface area contributed by atoms with Gasteiger partial charge in [-0.05, 0) is 49.6 Å². The smallest absolute Gasteiger partial charge is 0.251 e. The van der Waals surface area contributed by atoms with E-state index >= 15 is 0 Å². The van der Waals surface area contributed by atoms with Crippen LogP contribution in [0, 0.1) is 5.92 Å². The van der Waals surface area contributed by atoms with Gasteiger partial charge in [0, 0.05) is 11.1 Å². The van der Waals surface area contributed by atoms with Gasteiger partial charge in [0.1, 0.15) is 12.2 Å². The second kappa shape index (κ2) is 8.88. The number of amides is 2. The lowest BCUT2D eigenvalue weighted by Crippen LogP contribution is -2.58. The van der Waals surface area contributed by atoms with Crippen LogP contribution in [0.1, 0.15) is 48.4 Å². The Kier molecular flexibility index (Phi) is 6.17. The van der Waals surface area contributed by atoms with Crippen LogP contribution in [-0.2, 0) is 9.47 Å². The second-order valence-corrected chi connectivity index (χ2v) is 9.07. The van der Waals surface area contributed by atoms with E-state index in [1.54, 1.807) is 24.3 Å². The number of fused-ring (bicyclic) bond motifs is 1. The molecule has 0 saturated carbocycles. The molecular formula is C26H30N2O4. The van der Waals surface area contributed by atoms with Gasteiger partial charge in [0.25, 0.3) is 11.8 Å². The molecular weight excluding hydrogens is 404 g/mol. The summed E-state index contributed by atoms with van der Waals surface area (Å²) >= 11 is 0. The fourth-order valence-electron chi connectivity index (χ4n) is 4.43. The topological polar surface area (TPSA) is 76.7 Å². The van der Waals surface area contributed by atoms with Crippen LogP contribution >= 0.6 is 0 Å². The predicted molar refractivity (Wildman–Crippen MR) is 122 cm³/mol. The fourth-order valence-corrected chi connectivity index (χ4v) is 4.43. The van der Waals surface area contributed by atoms with Gasteiger partial charge in [0.2, 0.25) is 0 Å². The summed E-state index contributed by atoms with van der Waals surface area (Å²) in [5.74, 6) is -1.03. The molecule has 6 heteroatoms. The average molecular weight is 435 g/mol. The van der Waals surface area contributed by atoms with Gasteiger partial charge in [-0.3, -0.25) is 9.59 Å². The van der Waals surface area contributed by atoms with Crippen molar-refractivity contribution in [1.29, 1.82) is 0 Å². The maximum Gasteiger partial charge on any atom is 0.251 e. The minimum absolute atomic E-state index is 0.139. The molecule has 4 atom stereocenters. The summed E-state index contributed by atoms with van der Waals surface area (Å²) in [6.45, 7) is 7.86. The molecule has 2 N–H and O–H groups in total. The van der Waals surface area contributed by atoms with Gasteiger partial charge in [0.15, 0.2) is 5.79 Å². The molecule has 32 heavy (non-hydrogen) atoms. The molecule has 0 spiro atoms. The lowest BCUT2D eigenvalue weighted by atomic mass is 9.81. The zero-order valence-electron chi connectivity index (χ0n) is 18.9. The van der Waals surface area contributed by atoms with E-state index in [0.717, 1.165) is 5.57 Å². The van der Waals surface area contributed by atoms with Gasteiger partial charge in [-0.1, -0.05) is 56.3 Å². The SMILES string of the molecule is CC(C)C1=C[C@@H](NC(=O)c2ccccc2)[C@@H]2OC(C)(C)O[C@@H]2[C@H]1NC(=O)c1ccccc1. The number of benzene rings is 2. The fraction of sp³-hybridized carbons (Fsp3) is 0.385. The molecule has 2 aromatic carbocycles. The van der Waals surface area contributed by atoms with Gasteiger partial charge in [0.05, 0.1) is 12.1 Å². The Balaban J connectivity index is 1.64. The maximum absolute atomic E-state index is 13.0. The molecule has 1 fully saturated rings. The lowest BCUT2D eigenvalue weighted by Gasteiger charge is -2.38. The molecule has 0 unspecified atom stereocenters. The molecule has 1 heterocycles. The minimum atomic E-state index is -0.832. The van der Waals surface area contributed by atoms with Gasteiger partial charge in [-0.15, -0.1) is 0 Å². The quantitative estimate of drug-likeness (QED) is 0.704. The highest BCUT2D eigenvalue weighted by Gasteiger charge is 2.52. The van der Waals surface area contributed by atoms with E-state index in [1.165, 1.54) is 0 Å². The number of hydrogen-bond donors (Lipinski definition) is 2. The van der Waals surface area contributed by atoms with E-state index in [9.17, 15) is 9.59 Å². The Hall–Kier alpha value is -2.96. The van der Waals surface area contributed by atoms with Crippen molar-refractivity contribution in [3.8, 4) is 0 Å². The largest absolute Gasteiger partial charge is 0.343 e. The summed E-state index contributed by atoms with van der Waals surface area (Å²) in [6, 6.07) is 17.5. The monoisotopic (exact) mass is 434 g/mol. The Morgan fingerprint density at radius 1 is 0.812 bits per heavy atom. The Morgan fingerprint density at radius 3 is 1.84 bits per heavy atom. The summed E-state index contributed by atoms with van der Waals surface area (Å²) < 4.78 is 12.5. The molecule has 1 saturated heterocycles. The van der Waals surface area contributed by atoms with Crippen LogP contribution in [-0.4, -0.2) is 41.9 Å². The zero-order valence-corrected chi connectivity index (χ0v) is 18.9. The second-order valence-electron chi connectivity index (χ2n) is 9.07. The third kappa shape index (κ3) is 4.61. The molecule has 0 bridgehead atoms. The van der Waals surface area contributed by atoms with Crippen molar-refractivity contribution < 1.29 is 19.1 Å². The molecule has 1 aliphatic carbocycles. The number of rotatable bonds is 5. The molecule has 4 rings (SSSR count). The first-order valence-corrected chi connectivity index (χ1v) is 11.0. The first-order valence-electron chi connectivity index (χ1n) is 11.0. The van der Waals surface area contributed by atoms with Gasteiger partial charge in [-0.2, -0.15) is 0 Å². The minimum Gasteiger partial charge on any atom is -0.343 e. The summed E-state index contributed by atoms with van der Waals surface area (Å²) in [7, 11) is 0. The summed E-state index contributed by atoms with van der Waals surface area (Å²) in [4.78, 5) is 25.8. The summed E-state index contributed by atoms with van der Waals surface area (Å²) in [5.41, 5.74) is 2.18. The van der Waals surface area contributed by atoms with E-state index in [2.05, 4.69) is 24.5 Å². The standard InChI is InChI=1S/C26H30N2O4/c1-16(2)19-15-20(27-24(29)17-11-7-5-8-12-17)22-23(32-26(3,4)31-22)21(19)28-25(30)18-13-9-6-10-14-18/h5-16,20-23H,1-4H3,(H,27,29)(H,28,30)/t20-,21+,22+,23-/m1/s1. The van der Waals surface area contributed by atoms with Crippen molar-refractivity contribution in [3.63, 3.8) is 0 Å². The normalized spacial score (nSPS) is 26.2. The Bertz CT molecular complexity index is 1000. The highest BCUT2D eigenvalue weighted by atomic mass is 16.8. The van der Waals surface area contributed by atoms with Crippen molar-refractivity contribution >= 4 is 11.8 Å². The Labute approximate surface area is 189 Å². The molecule has 1 aliphatic heterocycles. The van der Waals surface area contributed by atoms with Crippen LogP contribution in [0.15, 0.2) is 72.3 Å². The molecule has 2 aliphatic rings. The van der Waals surface area contributed by atoms with Crippen molar-refractivity contribution in [3.05, 3.63) is 83.4 Å². The molecule has 2 aromatic rings. The zero-order chi connectivity index (χ0) is 22.9. The van der Waals surface area contributed by atoms with Crippen molar-refractivity contribution in [2.75, 3.05) is 0 Å². The van der Waals surface area contributed by atoms with Crippen LogP contribution in [0.3, 0.4) is 0 Å². The van der Waals surface area contributed by atoms with E-state index < -0.39 is 18.0 Å². The molecule has 6 nitrogen and oxygen atoms in total. The first kappa shape index (κ1) is 22.2. The van der Waals surface area contributed by atoms with Crippen LogP contribution in [0.4, 0.5) is 0 Å². The van der Waals surface area contributed by atoms with Crippen LogP contribution in [0.5, 0.6) is 0 Å². The van der Waals surface area contributed by atoms with Gasteiger partial charge >= 0.3 is 0 Å². The first-order chi connectivity index (χ1) is 15.2. The number of hydrogen-bond acceptors (Lipinski definition) is 4. The molecule has 0 aromatic heterocycles. The van der Waals surface area contributed by atoms with E-state index in [4.69, 9.17) is 9.47 Å². The molecule has 2 amide bonds. The van der Waals surface area contributed by atoms with Crippen molar-refractivity contribution in [2.24, 2.45) is 5.92 Å². The lowest BCUT2D eigenvalue weighted by molar-refractivity contribution is -0.148. The molecule has 168 valence electrons. The number of carbonyl (C=O) groups excluding carboxylic acids is 2. The maximum atomic E-state index is 13.0. The highest BCUT2D eigenvalue weighted by molar-refractivity contribution is 5.95. The number of nitrogens with one attached hydrogen (secondary N) is 2. The van der Waals surface area contributed by atoms with Gasteiger partial charge in [-0.25, -0.2) is 0 Å². The van der Waals surface area contributed by atoms with Crippen LogP contribution < -0.4 is 10.6 Å². The average Bonchev–Trinajstić information content (AvgIpc) is 3.11.